The Morgan fingerprint density at radius 2 is 1.09 bits per heavy atom. The third kappa shape index (κ3) is 7.51. The Morgan fingerprint density at radius 3 is 1.62 bits per heavy atom. The number of allylic oxidation sites excluding steroid dienone is 2. The van der Waals surface area contributed by atoms with Crippen LogP contribution in [0.15, 0.2) is 96.1 Å². The molecule has 0 N–H and O–H groups in total. The summed E-state index contributed by atoms with van der Waals surface area (Å²) in [7, 11) is 0. The molecular formula is C49H62Cl2SiZr. The molecule has 2 atom stereocenters. The van der Waals surface area contributed by atoms with Gasteiger partial charge in [0.15, 0.2) is 0 Å². The number of rotatable bonds is 8. The summed E-state index contributed by atoms with van der Waals surface area (Å²) in [6.07, 6.45) is 20.3. The fourth-order valence-electron chi connectivity index (χ4n) is 11.3. The van der Waals surface area contributed by atoms with Crippen molar-refractivity contribution < 1.29 is 17.4 Å². The van der Waals surface area contributed by atoms with Gasteiger partial charge in [0.2, 0.25) is 0 Å². The number of hydrogen-bond acceptors (Lipinski definition) is 0. The van der Waals surface area contributed by atoms with E-state index >= 15 is 0 Å². The van der Waals surface area contributed by atoms with Crippen molar-refractivity contribution in [2.45, 2.75) is 120 Å². The minimum absolute atomic E-state index is 0. The quantitative estimate of drug-likeness (QED) is 0.155. The fourth-order valence-corrected chi connectivity index (χ4v) is 31.1. The predicted molar refractivity (Wildman–Crippen MR) is 237 cm³/mol. The van der Waals surface area contributed by atoms with Gasteiger partial charge in [-0.2, -0.15) is 0 Å². The van der Waals surface area contributed by atoms with Gasteiger partial charge < -0.3 is 0 Å². The average molecular weight is 841 g/mol. The minimum Gasteiger partial charge on any atom is -0.147 e. The molecule has 0 saturated heterocycles. The normalized spacial score (nSPS) is 20.6. The molecule has 4 aromatic carbocycles. The van der Waals surface area contributed by atoms with E-state index in [1.54, 1.807) is 27.8 Å². The number of halogens is 2. The van der Waals surface area contributed by atoms with Crippen molar-refractivity contribution in [1.82, 2.24) is 0 Å². The molecule has 0 amide bonds. The first kappa shape index (κ1) is 40.7. The number of hydrogen-bond donors (Lipinski definition) is 0. The maximum absolute atomic E-state index is 3.74. The Balaban J connectivity index is 0.00000240. The molecule has 53 heavy (non-hydrogen) atoms. The van der Waals surface area contributed by atoms with E-state index in [0.717, 1.165) is 12.3 Å². The van der Waals surface area contributed by atoms with Crippen molar-refractivity contribution in [3.8, 4) is 22.3 Å². The second kappa shape index (κ2) is 16.3. The van der Waals surface area contributed by atoms with E-state index < -0.39 is 17.4 Å². The largest absolute Gasteiger partial charge is 0.147 e. The molecule has 280 valence electrons. The van der Waals surface area contributed by atoms with Crippen LogP contribution in [0, 0.1) is 5.92 Å². The van der Waals surface area contributed by atoms with Gasteiger partial charge in [-0.3, -0.25) is 0 Å². The molecule has 2 saturated carbocycles. The van der Waals surface area contributed by atoms with Crippen LogP contribution >= 0.6 is 24.8 Å². The van der Waals surface area contributed by atoms with E-state index in [4.69, 9.17) is 0 Å². The third-order valence-electron chi connectivity index (χ3n) is 13.8. The van der Waals surface area contributed by atoms with Crippen molar-refractivity contribution in [2.75, 3.05) is 0 Å². The first-order chi connectivity index (χ1) is 24.6. The number of benzene rings is 4. The van der Waals surface area contributed by atoms with Crippen LogP contribution in [0.1, 0.15) is 144 Å². The maximum Gasteiger partial charge on any atom is -0.147 e. The van der Waals surface area contributed by atoms with E-state index in [1.807, 2.05) is 0 Å². The summed E-state index contributed by atoms with van der Waals surface area (Å²) in [4.78, 5) is 0. The average Bonchev–Trinajstić information content (AvgIpc) is 3.77. The first-order valence-corrected chi connectivity index (χ1v) is 34.3. The molecule has 0 heterocycles. The standard InChI is InChI=1S/C24H27.C23H25.2CH3.2ClH.H2Si.Zr/c1-17(2)18-11-13-20(14-12-18)23-10-6-9-21-15-22(16-24(21)23)19-7-4-3-5-8-19;1-2-17-15-21-9-6-10-22(23(21)16-17)20-13-11-19(12-14-20)18-7-4-3-5-8-18;;;;;;/h6,9-17,19H,3-5,7-8H2,1-2H3;6,9-16,18H,2-5,7-8H2,1H3;2*1H3;2*1H;1H2;. The van der Waals surface area contributed by atoms with Gasteiger partial charge in [-0.1, -0.05) is 0 Å². The van der Waals surface area contributed by atoms with E-state index in [-0.39, 0.29) is 24.8 Å². The van der Waals surface area contributed by atoms with E-state index in [1.165, 1.54) is 103 Å². The van der Waals surface area contributed by atoms with Gasteiger partial charge in [0, 0.05) is 0 Å². The van der Waals surface area contributed by atoms with Crippen LogP contribution in [-0.4, -0.2) is 6.88 Å². The van der Waals surface area contributed by atoms with E-state index in [2.05, 4.69) is 134 Å². The van der Waals surface area contributed by atoms with Crippen LogP contribution in [0.4, 0.5) is 0 Å². The fraction of sp³-hybridized carbons (Fsp3) is 0.429. The van der Waals surface area contributed by atoms with Crippen LogP contribution < -0.4 is 0 Å². The van der Waals surface area contributed by atoms with Crippen molar-refractivity contribution >= 4 is 43.8 Å². The van der Waals surface area contributed by atoms with Crippen LogP contribution in [0.2, 0.25) is 9.26 Å². The van der Waals surface area contributed by atoms with Crippen molar-refractivity contribution in [2.24, 2.45) is 5.92 Å². The van der Waals surface area contributed by atoms with E-state index in [9.17, 15) is 0 Å². The first-order valence-electron chi connectivity index (χ1n) is 20.6. The van der Waals surface area contributed by atoms with Gasteiger partial charge in [0.25, 0.3) is 0 Å². The smallest absolute Gasteiger partial charge is 0.147 e. The molecule has 4 aromatic rings. The Labute approximate surface area is 336 Å². The minimum atomic E-state index is -3.74. The molecule has 0 aliphatic heterocycles. The Bertz CT molecular complexity index is 2050. The molecular weight excluding hydrogens is 779 g/mol. The zero-order valence-corrected chi connectivity index (χ0v) is 38.4. The van der Waals surface area contributed by atoms with Crippen LogP contribution in [-0.2, 0) is 17.4 Å². The van der Waals surface area contributed by atoms with Crippen LogP contribution in [0.3, 0.4) is 0 Å². The molecule has 4 aliphatic carbocycles. The van der Waals surface area contributed by atoms with Crippen molar-refractivity contribution in [3.05, 3.63) is 129 Å². The molecule has 0 spiro atoms. The summed E-state index contributed by atoms with van der Waals surface area (Å²) in [6.45, 7) is 9.56. The summed E-state index contributed by atoms with van der Waals surface area (Å²) in [5.41, 5.74) is 18.4. The molecule has 4 aliphatic rings. The van der Waals surface area contributed by atoms with Gasteiger partial charge >= 0.3 is 314 Å². The van der Waals surface area contributed by atoms with Crippen LogP contribution in [0.25, 0.3) is 34.4 Å². The summed E-state index contributed by atoms with van der Waals surface area (Å²) < 4.78 is 6.84. The second-order valence-corrected chi connectivity index (χ2v) is 48.7. The predicted octanol–water partition coefficient (Wildman–Crippen LogP) is 14.9. The molecule has 2 fully saturated rings. The third-order valence-corrected chi connectivity index (χ3v) is 31.2. The molecule has 0 bridgehead atoms. The SMILES string of the molecule is CCC1=Cc2c(-c3ccc(C4CCCCC4)cc3)cccc2[CH]1[Zr]([CH3])([CH3])(=[SiH2])[CH]1C(C2CCCCC2)=Cc2c(-c3ccc(C(C)C)cc3)cccc21.Cl.Cl. The summed E-state index contributed by atoms with van der Waals surface area (Å²) in [5.74, 6) is 2.02. The Kier molecular flexibility index (Phi) is 12.5. The van der Waals surface area contributed by atoms with Gasteiger partial charge in [-0.25, -0.2) is 0 Å². The summed E-state index contributed by atoms with van der Waals surface area (Å²) >= 11 is -3.74. The van der Waals surface area contributed by atoms with Crippen molar-refractivity contribution in [3.63, 3.8) is 0 Å². The molecule has 0 radical (unpaired) electrons. The zero-order chi connectivity index (χ0) is 35.4. The van der Waals surface area contributed by atoms with Gasteiger partial charge in [0.1, 0.15) is 0 Å². The summed E-state index contributed by atoms with van der Waals surface area (Å²) in [5, 5.41) is 0. The second-order valence-electron chi connectivity index (χ2n) is 18.2. The molecule has 2 unspecified atom stereocenters. The molecule has 0 aromatic heterocycles. The Morgan fingerprint density at radius 1 is 0.604 bits per heavy atom. The maximum atomic E-state index is 2.86. The molecule has 4 heteroatoms. The van der Waals surface area contributed by atoms with E-state index in [0.29, 0.717) is 19.1 Å². The summed E-state index contributed by atoms with van der Waals surface area (Å²) in [6, 6.07) is 33.9. The topological polar surface area (TPSA) is 0 Å². The van der Waals surface area contributed by atoms with Gasteiger partial charge in [0.05, 0.1) is 0 Å². The Hall–Kier alpha value is -1.96. The van der Waals surface area contributed by atoms with Gasteiger partial charge in [-0.05, 0) is 0 Å². The number of fused-ring (bicyclic) bond motifs is 2. The zero-order valence-electron chi connectivity index (χ0n) is 32.9. The van der Waals surface area contributed by atoms with Crippen LogP contribution in [0.5, 0.6) is 0 Å². The monoisotopic (exact) mass is 838 g/mol. The molecule has 0 nitrogen and oxygen atoms in total. The van der Waals surface area contributed by atoms with Gasteiger partial charge in [-0.15, -0.1) is 24.8 Å². The van der Waals surface area contributed by atoms with Crippen molar-refractivity contribution in [1.29, 1.82) is 0 Å². The molecule has 8 rings (SSSR count).